The Morgan fingerprint density at radius 3 is 2.57 bits per heavy atom. The van der Waals surface area contributed by atoms with Crippen molar-refractivity contribution in [3.8, 4) is 5.75 Å². The number of aryl methyl sites for hydroxylation is 2. The minimum atomic E-state index is -3.93. The van der Waals surface area contributed by atoms with Crippen LogP contribution in [0.4, 0.5) is 0 Å². The number of carbonyl (C=O) groups is 1. The van der Waals surface area contributed by atoms with Crippen LogP contribution in [0.15, 0.2) is 47.4 Å². The molecule has 0 saturated carbocycles. The minimum absolute atomic E-state index is 0.104. The molecule has 2 aromatic rings. The number of nitrogens with one attached hydrogen (secondary N) is 1. The highest BCUT2D eigenvalue weighted by Gasteiger charge is 2.21. The van der Waals surface area contributed by atoms with Crippen LogP contribution in [0.1, 0.15) is 28.4 Å². The molecule has 0 saturated heterocycles. The number of hydrogen-bond donors (Lipinski definition) is 1. The van der Waals surface area contributed by atoms with Crippen LogP contribution in [0, 0.1) is 13.8 Å². The Labute approximate surface area is 136 Å². The number of hydrogen-bond acceptors (Lipinski definition) is 4. The third-order valence-electron chi connectivity index (χ3n) is 3.27. The summed E-state index contributed by atoms with van der Waals surface area (Å²) in [5.74, 6) is -0.170. The Morgan fingerprint density at radius 2 is 1.87 bits per heavy atom. The second kappa shape index (κ2) is 6.83. The maximum atomic E-state index is 12.4. The SMILES string of the molecule is CCOc1cccc(C(=O)NS(=O)(=O)c2cc(C)ccc2C)c1. The monoisotopic (exact) mass is 333 g/mol. The molecule has 5 nitrogen and oxygen atoms in total. The summed E-state index contributed by atoms with van der Waals surface area (Å²) in [6, 6.07) is 11.5. The third-order valence-corrected chi connectivity index (χ3v) is 4.74. The van der Waals surface area contributed by atoms with Gasteiger partial charge in [0.2, 0.25) is 0 Å². The van der Waals surface area contributed by atoms with Crippen molar-refractivity contribution in [1.29, 1.82) is 0 Å². The summed E-state index contributed by atoms with van der Waals surface area (Å²) in [5.41, 5.74) is 1.62. The highest BCUT2D eigenvalue weighted by molar-refractivity contribution is 7.90. The lowest BCUT2D eigenvalue weighted by Crippen LogP contribution is -2.31. The van der Waals surface area contributed by atoms with Crippen LogP contribution in [0.5, 0.6) is 5.75 Å². The van der Waals surface area contributed by atoms with Gasteiger partial charge in [0.25, 0.3) is 15.9 Å². The zero-order chi connectivity index (χ0) is 17.0. The van der Waals surface area contributed by atoms with Crippen molar-refractivity contribution in [2.24, 2.45) is 0 Å². The predicted molar refractivity (Wildman–Crippen MR) is 88.2 cm³/mol. The summed E-state index contributed by atoms with van der Waals surface area (Å²) >= 11 is 0. The largest absolute Gasteiger partial charge is 0.494 e. The smallest absolute Gasteiger partial charge is 0.265 e. The van der Waals surface area contributed by atoms with Gasteiger partial charge in [-0.05, 0) is 56.2 Å². The van der Waals surface area contributed by atoms with Crippen molar-refractivity contribution >= 4 is 15.9 Å². The summed E-state index contributed by atoms with van der Waals surface area (Å²) in [7, 11) is -3.93. The molecule has 0 fully saturated rings. The van der Waals surface area contributed by atoms with E-state index in [-0.39, 0.29) is 10.5 Å². The average Bonchev–Trinajstić information content (AvgIpc) is 2.50. The van der Waals surface area contributed by atoms with Crippen LogP contribution in [0.25, 0.3) is 0 Å². The molecule has 0 atom stereocenters. The fraction of sp³-hybridized carbons (Fsp3) is 0.235. The molecule has 6 heteroatoms. The summed E-state index contributed by atoms with van der Waals surface area (Å²) in [4.78, 5) is 12.3. The lowest BCUT2D eigenvalue weighted by molar-refractivity contribution is 0.0981. The first-order valence-electron chi connectivity index (χ1n) is 7.21. The Balaban J connectivity index is 2.28. The average molecular weight is 333 g/mol. The number of benzene rings is 2. The molecular formula is C17H19NO4S. The molecule has 0 aliphatic heterocycles. The van der Waals surface area contributed by atoms with Gasteiger partial charge in [0.1, 0.15) is 5.75 Å². The highest BCUT2D eigenvalue weighted by Crippen LogP contribution is 2.18. The van der Waals surface area contributed by atoms with E-state index in [4.69, 9.17) is 4.74 Å². The molecule has 0 aromatic heterocycles. The van der Waals surface area contributed by atoms with E-state index in [1.54, 1.807) is 38.1 Å². The fourth-order valence-corrected chi connectivity index (χ4v) is 3.43. The number of amides is 1. The molecule has 1 N–H and O–H groups in total. The molecule has 2 aromatic carbocycles. The standard InChI is InChI=1S/C17H19NO4S/c1-4-22-15-7-5-6-14(11-15)17(19)18-23(20,21)16-10-12(2)8-9-13(16)3/h5-11H,4H2,1-3H3,(H,18,19). The van der Waals surface area contributed by atoms with Gasteiger partial charge in [-0.15, -0.1) is 0 Å². The number of ether oxygens (including phenoxy) is 1. The van der Waals surface area contributed by atoms with E-state index >= 15 is 0 Å². The lowest BCUT2D eigenvalue weighted by atomic mass is 10.2. The van der Waals surface area contributed by atoms with Gasteiger partial charge in [-0.3, -0.25) is 4.79 Å². The summed E-state index contributed by atoms with van der Waals surface area (Å²) in [6.45, 7) is 5.78. The summed E-state index contributed by atoms with van der Waals surface area (Å²) < 4.78 is 32.3. The molecule has 0 spiro atoms. The van der Waals surface area contributed by atoms with E-state index in [1.807, 2.05) is 13.0 Å². The Kier molecular flexibility index (Phi) is 5.05. The van der Waals surface area contributed by atoms with Gasteiger partial charge < -0.3 is 4.74 Å². The molecule has 0 radical (unpaired) electrons. The first-order chi connectivity index (χ1) is 10.8. The maximum Gasteiger partial charge on any atom is 0.265 e. The molecule has 0 aliphatic rings. The van der Waals surface area contributed by atoms with Gasteiger partial charge in [-0.25, -0.2) is 13.1 Å². The normalized spacial score (nSPS) is 11.1. The zero-order valence-corrected chi connectivity index (χ0v) is 14.1. The summed E-state index contributed by atoms with van der Waals surface area (Å²) in [6.07, 6.45) is 0. The van der Waals surface area contributed by atoms with Crippen molar-refractivity contribution in [2.75, 3.05) is 6.61 Å². The maximum absolute atomic E-state index is 12.4. The topological polar surface area (TPSA) is 72.5 Å². The van der Waals surface area contributed by atoms with Crippen LogP contribution in [-0.2, 0) is 10.0 Å². The molecule has 0 bridgehead atoms. The molecule has 0 heterocycles. The van der Waals surface area contributed by atoms with E-state index in [0.29, 0.717) is 17.9 Å². The van der Waals surface area contributed by atoms with E-state index in [9.17, 15) is 13.2 Å². The first kappa shape index (κ1) is 17.0. The van der Waals surface area contributed by atoms with E-state index in [1.165, 1.54) is 12.1 Å². The van der Waals surface area contributed by atoms with E-state index in [2.05, 4.69) is 4.72 Å². The molecule has 0 aliphatic carbocycles. The van der Waals surface area contributed by atoms with Gasteiger partial charge in [0.15, 0.2) is 0 Å². The molecule has 0 unspecified atom stereocenters. The fourth-order valence-electron chi connectivity index (χ4n) is 2.13. The molecule has 2 rings (SSSR count). The van der Waals surface area contributed by atoms with Crippen LogP contribution < -0.4 is 9.46 Å². The predicted octanol–water partition coefficient (Wildman–Crippen LogP) is 2.82. The van der Waals surface area contributed by atoms with Crippen molar-refractivity contribution in [1.82, 2.24) is 4.72 Å². The van der Waals surface area contributed by atoms with Crippen molar-refractivity contribution in [3.05, 3.63) is 59.2 Å². The molecule has 23 heavy (non-hydrogen) atoms. The van der Waals surface area contributed by atoms with E-state index in [0.717, 1.165) is 5.56 Å². The van der Waals surface area contributed by atoms with Crippen molar-refractivity contribution < 1.29 is 17.9 Å². The third kappa shape index (κ3) is 4.10. The number of sulfonamides is 1. The van der Waals surface area contributed by atoms with Crippen LogP contribution in [-0.4, -0.2) is 20.9 Å². The van der Waals surface area contributed by atoms with Gasteiger partial charge >= 0.3 is 0 Å². The van der Waals surface area contributed by atoms with Crippen LogP contribution in [0.2, 0.25) is 0 Å². The highest BCUT2D eigenvalue weighted by atomic mass is 32.2. The van der Waals surface area contributed by atoms with Crippen LogP contribution in [0.3, 0.4) is 0 Å². The number of rotatable bonds is 5. The van der Waals surface area contributed by atoms with Gasteiger partial charge in [0.05, 0.1) is 11.5 Å². The number of carbonyl (C=O) groups excluding carboxylic acids is 1. The van der Waals surface area contributed by atoms with Crippen LogP contribution >= 0.6 is 0 Å². The lowest BCUT2D eigenvalue weighted by Gasteiger charge is -2.11. The Hall–Kier alpha value is -2.34. The Morgan fingerprint density at radius 1 is 1.13 bits per heavy atom. The molecule has 1 amide bonds. The molecular weight excluding hydrogens is 314 g/mol. The summed E-state index contributed by atoms with van der Waals surface area (Å²) in [5, 5.41) is 0. The second-order valence-corrected chi connectivity index (χ2v) is 6.82. The van der Waals surface area contributed by atoms with Gasteiger partial charge in [0, 0.05) is 5.56 Å². The second-order valence-electron chi connectivity index (χ2n) is 5.16. The zero-order valence-electron chi connectivity index (χ0n) is 13.3. The quantitative estimate of drug-likeness (QED) is 0.913. The van der Waals surface area contributed by atoms with Gasteiger partial charge in [-0.1, -0.05) is 18.2 Å². The molecule has 122 valence electrons. The first-order valence-corrected chi connectivity index (χ1v) is 8.69. The van der Waals surface area contributed by atoms with E-state index < -0.39 is 15.9 Å². The minimum Gasteiger partial charge on any atom is -0.494 e. The Bertz CT molecular complexity index is 828. The van der Waals surface area contributed by atoms with Crippen molar-refractivity contribution in [2.45, 2.75) is 25.7 Å². The van der Waals surface area contributed by atoms with Crippen molar-refractivity contribution in [3.63, 3.8) is 0 Å². The van der Waals surface area contributed by atoms with Gasteiger partial charge in [-0.2, -0.15) is 0 Å².